The van der Waals surface area contributed by atoms with Crippen molar-refractivity contribution in [3.8, 4) is 0 Å². The van der Waals surface area contributed by atoms with Crippen LogP contribution in [0.2, 0.25) is 0 Å². The van der Waals surface area contributed by atoms with E-state index < -0.39 is 0 Å². The number of hydrogen-bond donors (Lipinski definition) is 2. The van der Waals surface area contributed by atoms with Gasteiger partial charge in [0.2, 0.25) is 11.8 Å². The summed E-state index contributed by atoms with van der Waals surface area (Å²) in [5.41, 5.74) is 3.42. The van der Waals surface area contributed by atoms with Crippen LogP contribution in [0.25, 0.3) is 0 Å². The summed E-state index contributed by atoms with van der Waals surface area (Å²) in [7, 11) is 1.80. The lowest BCUT2D eigenvalue weighted by atomic mass is 10.1. The van der Waals surface area contributed by atoms with Gasteiger partial charge >= 0.3 is 0 Å². The van der Waals surface area contributed by atoms with Crippen molar-refractivity contribution in [2.45, 2.75) is 31.8 Å². The first-order valence-corrected chi connectivity index (χ1v) is 10.7. The molecule has 162 valence electrons. The van der Waals surface area contributed by atoms with Crippen LogP contribution in [0.3, 0.4) is 0 Å². The largest absolute Gasteiger partial charge is 0.326 e. The zero-order chi connectivity index (χ0) is 22.4. The number of carbonyl (C=O) groups excluding carboxylic acids is 2. The Balaban J connectivity index is 1.49. The van der Waals surface area contributed by atoms with Crippen LogP contribution < -0.4 is 10.6 Å². The van der Waals surface area contributed by atoms with Crippen molar-refractivity contribution in [3.05, 3.63) is 65.2 Å². The van der Waals surface area contributed by atoms with Crippen molar-refractivity contribution >= 4 is 35.0 Å². The van der Waals surface area contributed by atoms with Crippen LogP contribution in [0.1, 0.15) is 23.4 Å². The zero-order valence-electron chi connectivity index (χ0n) is 17.6. The van der Waals surface area contributed by atoms with Crippen LogP contribution in [0.5, 0.6) is 0 Å². The molecule has 2 amide bonds. The zero-order valence-corrected chi connectivity index (χ0v) is 18.4. The number of amides is 2. The van der Waals surface area contributed by atoms with E-state index in [4.69, 9.17) is 0 Å². The van der Waals surface area contributed by atoms with E-state index >= 15 is 0 Å². The van der Waals surface area contributed by atoms with Crippen LogP contribution in [0, 0.1) is 19.7 Å². The van der Waals surface area contributed by atoms with Crippen LogP contribution in [0.4, 0.5) is 15.8 Å². The summed E-state index contributed by atoms with van der Waals surface area (Å²) in [4.78, 5) is 24.4. The van der Waals surface area contributed by atoms with E-state index in [9.17, 15) is 14.0 Å². The molecule has 0 saturated carbocycles. The Bertz CT molecular complexity index is 1080. The highest BCUT2D eigenvalue weighted by Gasteiger charge is 2.13. The fourth-order valence-corrected chi connectivity index (χ4v) is 3.59. The number of thioether (sulfide) groups is 1. The van der Waals surface area contributed by atoms with E-state index in [1.165, 1.54) is 36.0 Å². The smallest absolute Gasteiger partial charge is 0.234 e. The van der Waals surface area contributed by atoms with Gasteiger partial charge < -0.3 is 15.2 Å². The van der Waals surface area contributed by atoms with E-state index in [1.54, 1.807) is 11.6 Å². The first-order valence-electron chi connectivity index (χ1n) is 9.75. The van der Waals surface area contributed by atoms with Gasteiger partial charge in [0.1, 0.15) is 11.6 Å². The predicted molar refractivity (Wildman–Crippen MR) is 120 cm³/mol. The molecule has 9 heteroatoms. The molecule has 0 radical (unpaired) electrons. The average molecular weight is 442 g/mol. The number of nitrogens with one attached hydrogen (secondary N) is 2. The lowest BCUT2D eigenvalue weighted by Crippen LogP contribution is -2.15. The van der Waals surface area contributed by atoms with E-state index in [1.807, 2.05) is 32.0 Å². The standard InChI is InChI=1S/C22H24FN5O2S/c1-14-4-5-15(2)18(12-14)25-21(30)13-31-22-27-26-19(28(22)3)10-11-20(29)24-17-8-6-16(23)7-9-17/h4-9,12H,10-11,13H2,1-3H3,(H,24,29)(H,25,30). The highest BCUT2D eigenvalue weighted by Crippen LogP contribution is 2.19. The summed E-state index contributed by atoms with van der Waals surface area (Å²) in [6.45, 7) is 3.92. The molecule has 0 aliphatic heterocycles. The minimum Gasteiger partial charge on any atom is -0.326 e. The molecule has 0 aliphatic rings. The van der Waals surface area contributed by atoms with E-state index in [2.05, 4.69) is 20.8 Å². The summed E-state index contributed by atoms with van der Waals surface area (Å²) in [5, 5.41) is 14.5. The molecule has 7 nitrogen and oxygen atoms in total. The van der Waals surface area contributed by atoms with Gasteiger partial charge in [0.05, 0.1) is 5.75 Å². The van der Waals surface area contributed by atoms with Crippen molar-refractivity contribution in [3.63, 3.8) is 0 Å². The number of hydrogen-bond acceptors (Lipinski definition) is 5. The maximum Gasteiger partial charge on any atom is 0.234 e. The van der Waals surface area contributed by atoms with Crippen molar-refractivity contribution in [1.82, 2.24) is 14.8 Å². The molecule has 0 spiro atoms. The number of aromatic nitrogens is 3. The lowest BCUT2D eigenvalue weighted by Gasteiger charge is -2.09. The van der Waals surface area contributed by atoms with Crippen LogP contribution in [-0.4, -0.2) is 32.3 Å². The third-order valence-electron chi connectivity index (χ3n) is 4.63. The molecule has 2 aromatic carbocycles. The SMILES string of the molecule is Cc1ccc(C)c(NC(=O)CSc2nnc(CCC(=O)Nc3ccc(F)cc3)n2C)c1. The van der Waals surface area contributed by atoms with Gasteiger partial charge in [-0.3, -0.25) is 9.59 Å². The van der Waals surface area contributed by atoms with Crippen molar-refractivity contribution in [1.29, 1.82) is 0 Å². The van der Waals surface area contributed by atoms with E-state index in [0.29, 0.717) is 23.1 Å². The molecule has 0 saturated heterocycles. The molecule has 0 bridgehead atoms. The predicted octanol–water partition coefficient (Wildman–Crippen LogP) is 3.87. The Morgan fingerprint density at radius 3 is 2.52 bits per heavy atom. The van der Waals surface area contributed by atoms with Crippen molar-refractivity contribution in [2.24, 2.45) is 7.05 Å². The molecule has 3 rings (SSSR count). The third kappa shape index (κ3) is 6.39. The molecule has 3 aromatic rings. The number of carbonyl (C=O) groups is 2. The van der Waals surface area contributed by atoms with Gasteiger partial charge in [0.25, 0.3) is 0 Å². The monoisotopic (exact) mass is 441 g/mol. The second kappa shape index (κ2) is 10.2. The van der Waals surface area contributed by atoms with Gasteiger partial charge in [-0.2, -0.15) is 0 Å². The van der Waals surface area contributed by atoms with Gasteiger partial charge in [-0.25, -0.2) is 4.39 Å². The molecular formula is C22H24FN5O2S. The van der Waals surface area contributed by atoms with Crippen molar-refractivity contribution in [2.75, 3.05) is 16.4 Å². The number of rotatable bonds is 8. The minimum absolute atomic E-state index is 0.123. The Hall–Kier alpha value is -3.20. The molecule has 1 heterocycles. The Labute approximate surface area is 184 Å². The average Bonchev–Trinajstić information content (AvgIpc) is 3.09. The van der Waals surface area contributed by atoms with E-state index in [-0.39, 0.29) is 29.8 Å². The number of nitrogens with zero attached hydrogens (tertiary/aromatic N) is 3. The van der Waals surface area contributed by atoms with Gasteiger partial charge in [0.15, 0.2) is 5.16 Å². The molecule has 1 aromatic heterocycles. The fraction of sp³-hybridized carbons (Fsp3) is 0.273. The summed E-state index contributed by atoms with van der Waals surface area (Å²) in [6, 6.07) is 11.5. The summed E-state index contributed by atoms with van der Waals surface area (Å²) < 4.78 is 14.7. The fourth-order valence-electron chi connectivity index (χ4n) is 2.86. The second-order valence-corrected chi connectivity index (χ2v) is 8.11. The molecule has 0 aliphatic carbocycles. The highest BCUT2D eigenvalue weighted by molar-refractivity contribution is 7.99. The third-order valence-corrected chi connectivity index (χ3v) is 5.65. The quantitative estimate of drug-likeness (QED) is 0.518. The minimum atomic E-state index is -0.357. The van der Waals surface area contributed by atoms with Gasteiger partial charge in [-0.1, -0.05) is 23.9 Å². The molecule has 31 heavy (non-hydrogen) atoms. The number of halogens is 1. The maximum atomic E-state index is 12.9. The number of benzene rings is 2. The second-order valence-electron chi connectivity index (χ2n) is 7.17. The van der Waals surface area contributed by atoms with E-state index in [0.717, 1.165) is 16.8 Å². The Morgan fingerprint density at radius 2 is 1.77 bits per heavy atom. The topological polar surface area (TPSA) is 88.9 Å². The Kier molecular flexibility index (Phi) is 7.41. The number of anilines is 2. The van der Waals surface area contributed by atoms with Gasteiger partial charge in [-0.15, -0.1) is 10.2 Å². The molecule has 0 unspecified atom stereocenters. The highest BCUT2D eigenvalue weighted by atomic mass is 32.2. The number of aryl methyl sites for hydroxylation is 3. The molecule has 0 fully saturated rings. The summed E-state index contributed by atoms with van der Waals surface area (Å²) in [6.07, 6.45) is 0.604. The Morgan fingerprint density at radius 1 is 1.03 bits per heavy atom. The molecule has 2 N–H and O–H groups in total. The first-order chi connectivity index (χ1) is 14.8. The summed E-state index contributed by atoms with van der Waals surface area (Å²) in [5.74, 6) is 0.167. The van der Waals surface area contributed by atoms with Gasteiger partial charge in [-0.05, 0) is 55.3 Å². The van der Waals surface area contributed by atoms with Crippen LogP contribution >= 0.6 is 11.8 Å². The van der Waals surface area contributed by atoms with Crippen molar-refractivity contribution < 1.29 is 14.0 Å². The maximum absolute atomic E-state index is 12.9. The normalized spacial score (nSPS) is 10.7. The molecule has 0 atom stereocenters. The lowest BCUT2D eigenvalue weighted by molar-refractivity contribution is -0.116. The first kappa shape index (κ1) is 22.5. The van der Waals surface area contributed by atoms with Gasteiger partial charge in [0, 0.05) is 31.3 Å². The van der Waals surface area contributed by atoms with Crippen LogP contribution in [-0.2, 0) is 23.1 Å². The van der Waals surface area contributed by atoms with Crippen LogP contribution in [0.15, 0.2) is 47.6 Å². The molecular weight excluding hydrogens is 417 g/mol. The summed E-state index contributed by atoms with van der Waals surface area (Å²) >= 11 is 1.28.